The molecule has 4 heteroatoms. The molecule has 2 rings (SSSR count). The van der Waals surface area contributed by atoms with Gasteiger partial charge in [0.05, 0.1) is 6.07 Å². The minimum Gasteiger partial charge on any atom is -0.293 e. The first-order chi connectivity index (χ1) is 8.29. The Bertz CT molecular complexity index is 499. The average Bonchev–Trinajstić information content (AvgIpc) is 2.85. The van der Waals surface area contributed by atoms with E-state index in [1.54, 1.807) is 23.5 Å². The predicted molar refractivity (Wildman–Crippen MR) is 65.9 cm³/mol. The highest BCUT2D eigenvalue weighted by atomic mass is 32.1. The molecule has 0 fully saturated rings. The maximum atomic E-state index is 12.8. The van der Waals surface area contributed by atoms with Crippen LogP contribution in [0.5, 0.6) is 0 Å². The Hall–Kier alpha value is -1.70. The van der Waals surface area contributed by atoms with Gasteiger partial charge in [-0.05, 0) is 29.1 Å². The van der Waals surface area contributed by atoms with E-state index < -0.39 is 6.04 Å². The lowest BCUT2D eigenvalue weighted by atomic mass is 10.1. The van der Waals surface area contributed by atoms with Crippen LogP contribution in [0, 0.1) is 17.1 Å². The highest BCUT2D eigenvalue weighted by Crippen LogP contribution is 2.15. The van der Waals surface area contributed by atoms with Crippen LogP contribution >= 0.6 is 11.3 Å². The van der Waals surface area contributed by atoms with Crippen molar-refractivity contribution < 1.29 is 4.39 Å². The van der Waals surface area contributed by atoms with E-state index in [4.69, 9.17) is 5.26 Å². The summed E-state index contributed by atoms with van der Waals surface area (Å²) in [5.74, 6) is -0.288. The summed E-state index contributed by atoms with van der Waals surface area (Å²) in [5.41, 5.74) is 0.783. The molecule has 0 aliphatic carbocycles. The molecule has 1 N–H and O–H groups in total. The van der Waals surface area contributed by atoms with Crippen molar-refractivity contribution in [2.45, 2.75) is 12.6 Å². The molecule has 1 atom stereocenters. The number of thiophene rings is 1. The van der Waals surface area contributed by atoms with Gasteiger partial charge >= 0.3 is 0 Å². The molecule has 0 saturated carbocycles. The van der Waals surface area contributed by atoms with Gasteiger partial charge in [0.2, 0.25) is 0 Å². The Morgan fingerprint density at radius 2 is 2.06 bits per heavy atom. The summed E-state index contributed by atoms with van der Waals surface area (Å²) in [6.07, 6.45) is 0. The molecule has 0 aliphatic rings. The van der Waals surface area contributed by atoms with Crippen molar-refractivity contribution >= 4 is 11.3 Å². The zero-order chi connectivity index (χ0) is 12.1. The van der Waals surface area contributed by atoms with Gasteiger partial charge in [0.25, 0.3) is 0 Å². The van der Waals surface area contributed by atoms with Gasteiger partial charge in [-0.15, -0.1) is 11.3 Å². The fourth-order valence-electron chi connectivity index (χ4n) is 1.51. The summed E-state index contributed by atoms with van der Waals surface area (Å²) in [6, 6.07) is 11.7. The number of nitriles is 1. The van der Waals surface area contributed by atoms with E-state index in [2.05, 4.69) is 11.4 Å². The predicted octanol–water partition coefficient (Wildman–Crippen LogP) is 3.24. The number of hydrogen-bond acceptors (Lipinski definition) is 3. The molecule has 17 heavy (non-hydrogen) atoms. The van der Waals surface area contributed by atoms with Crippen LogP contribution in [-0.4, -0.2) is 0 Å². The minimum atomic E-state index is -0.405. The maximum Gasteiger partial charge on any atom is 0.123 e. The number of rotatable bonds is 4. The molecule has 0 aliphatic heterocycles. The maximum absolute atomic E-state index is 12.8. The second-order valence-electron chi connectivity index (χ2n) is 3.57. The van der Waals surface area contributed by atoms with Gasteiger partial charge in [0.1, 0.15) is 11.9 Å². The van der Waals surface area contributed by atoms with Crippen LogP contribution in [0.4, 0.5) is 4.39 Å². The van der Waals surface area contributed by atoms with E-state index >= 15 is 0 Å². The molecule has 2 nitrogen and oxygen atoms in total. The fraction of sp³-hybridized carbons (Fsp3) is 0.154. The molecule has 0 saturated heterocycles. The molecule has 1 aromatic carbocycles. The Kier molecular flexibility index (Phi) is 3.86. The van der Waals surface area contributed by atoms with Crippen molar-refractivity contribution in [3.63, 3.8) is 0 Å². The van der Waals surface area contributed by atoms with Gasteiger partial charge in [-0.1, -0.05) is 18.2 Å². The Labute approximate surface area is 103 Å². The first kappa shape index (κ1) is 11.8. The van der Waals surface area contributed by atoms with Crippen LogP contribution < -0.4 is 5.32 Å². The molecule has 0 radical (unpaired) electrons. The molecule has 2 aromatic rings. The zero-order valence-electron chi connectivity index (χ0n) is 9.06. The second kappa shape index (κ2) is 5.58. The first-order valence-corrected chi connectivity index (χ1v) is 6.08. The normalized spacial score (nSPS) is 12.0. The molecule has 0 bridgehead atoms. The Balaban J connectivity index is 2.02. The van der Waals surface area contributed by atoms with Gasteiger partial charge in [0, 0.05) is 11.4 Å². The van der Waals surface area contributed by atoms with Crippen LogP contribution in [0.2, 0.25) is 0 Å². The highest BCUT2D eigenvalue weighted by molar-refractivity contribution is 7.09. The van der Waals surface area contributed by atoms with Gasteiger partial charge < -0.3 is 0 Å². The lowest BCUT2D eigenvalue weighted by molar-refractivity contribution is 0.616. The summed E-state index contributed by atoms with van der Waals surface area (Å²) >= 11 is 1.64. The van der Waals surface area contributed by atoms with Crippen molar-refractivity contribution in [1.29, 1.82) is 5.26 Å². The van der Waals surface area contributed by atoms with Gasteiger partial charge in [-0.25, -0.2) is 4.39 Å². The van der Waals surface area contributed by atoms with Gasteiger partial charge in [-0.3, -0.25) is 5.32 Å². The molecule has 86 valence electrons. The topological polar surface area (TPSA) is 35.8 Å². The summed E-state index contributed by atoms with van der Waals surface area (Å²) in [6.45, 7) is 0.646. The van der Waals surface area contributed by atoms with Crippen molar-refractivity contribution in [2.75, 3.05) is 0 Å². The molecule has 1 heterocycles. The van der Waals surface area contributed by atoms with Crippen LogP contribution in [0.25, 0.3) is 0 Å². The first-order valence-electron chi connectivity index (χ1n) is 5.20. The quantitative estimate of drug-likeness (QED) is 0.899. The van der Waals surface area contributed by atoms with E-state index in [0.717, 1.165) is 5.56 Å². The van der Waals surface area contributed by atoms with Gasteiger partial charge in [-0.2, -0.15) is 5.26 Å². The van der Waals surface area contributed by atoms with Crippen LogP contribution in [-0.2, 0) is 6.54 Å². The van der Waals surface area contributed by atoms with Crippen LogP contribution in [0.3, 0.4) is 0 Å². The van der Waals surface area contributed by atoms with E-state index in [9.17, 15) is 4.39 Å². The summed E-state index contributed by atoms with van der Waals surface area (Å²) in [4.78, 5) is 1.17. The lowest BCUT2D eigenvalue weighted by Gasteiger charge is -2.10. The molecular formula is C13H11FN2S. The smallest absolute Gasteiger partial charge is 0.123 e. The number of hydrogen-bond donors (Lipinski definition) is 1. The van der Waals surface area contributed by atoms with Crippen molar-refractivity contribution in [3.8, 4) is 6.07 Å². The van der Waals surface area contributed by atoms with Crippen LogP contribution in [0.1, 0.15) is 16.5 Å². The number of halogens is 1. The summed E-state index contributed by atoms with van der Waals surface area (Å²) < 4.78 is 12.8. The van der Waals surface area contributed by atoms with E-state index in [1.165, 1.54) is 17.0 Å². The SMILES string of the molecule is N#CC(NCc1cccs1)c1ccc(F)cc1. The monoisotopic (exact) mass is 246 g/mol. The lowest BCUT2D eigenvalue weighted by Crippen LogP contribution is -2.18. The Morgan fingerprint density at radius 1 is 1.29 bits per heavy atom. The number of nitrogens with one attached hydrogen (secondary N) is 1. The summed E-state index contributed by atoms with van der Waals surface area (Å²) in [7, 11) is 0. The average molecular weight is 246 g/mol. The van der Waals surface area contributed by atoms with E-state index in [1.807, 2.05) is 17.5 Å². The fourth-order valence-corrected chi connectivity index (χ4v) is 2.16. The molecule has 0 spiro atoms. The molecule has 1 aromatic heterocycles. The van der Waals surface area contributed by atoms with Crippen LogP contribution in [0.15, 0.2) is 41.8 Å². The van der Waals surface area contributed by atoms with Crippen molar-refractivity contribution in [1.82, 2.24) is 5.32 Å². The molecule has 1 unspecified atom stereocenters. The third kappa shape index (κ3) is 3.13. The zero-order valence-corrected chi connectivity index (χ0v) is 9.88. The highest BCUT2D eigenvalue weighted by Gasteiger charge is 2.09. The van der Waals surface area contributed by atoms with E-state index in [-0.39, 0.29) is 5.82 Å². The second-order valence-corrected chi connectivity index (χ2v) is 4.61. The largest absolute Gasteiger partial charge is 0.293 e. The number of nitrogens with zero attached hydrogens (tertiary/aromatic N) is 1. The number of benzene rings is 1. The Morgan fingerprint density at radius 3 is 2.65 bits per heavy atom. The van der Waals surface area contributed by atoms with E-state index in [0.29, 0.717) is 6.54 Å². The van der Waals surface area contributed by atoms with Crippen molar-refractivity contribution in [2.24, 2.45) is 0 Å². The standard InChI is InChI=1S/C13H11FN2S/c14-11-5-3-10(4-6-11)13(8-15)16-9-12-2-1-7-17-12/h1-7,13,16H,9H2. The van der Waals surface area contributed by atoms with Crippen molar-refractivity contribution in [3.05, 3.63) is 58.0 Å². The molecular weight excluding hydrogens is 235 g/mol. The summed E-state index contributed by atoms with van der Waals surface area (Å²) in [5, 5.41) is 14.2. The van der Waals surface area contributed by atoms with Gasteiger partial charge in [0.15, 0.2) is 0 Å². The third-order valence-electron chi connectivity index (χ3n) is 2.39. The third-order valence-corrected chi connectivity index (χ3v) is 3.27. The molecule has 0 amide bonds. The minimum absolute atomic E-state index is 0.288.